The van der Waals surface area contributed by atoms with Crippen LogP contribution in [-0.2, 0) is 9.59 Å². The van der Waals surface area contributed by atoms with Crippen molar-refractivity contribution in [1.82, 2.24) is 5.32 Å². The summed E-state index contributed by atoms with van der Waals surface area (Å²) in [4.78, 5) is 28.8. The molecular formula is C13H19NO6. The van der Waals surface area contributed by atoms with E-state index in [1.807, 2.05) is 0 Å². The molecule has 7 nitrogen and oxygen atoms in total. The highest BCUT2D eigenvalue weighted by Gasteiger charge is 2.15. The second-order valence-corrected chi connectivity index (χ2v) is 4.19. The SMILES string of the molecule is O=C(O)O.O=C1CCC(=O)N1.OC1CCC#CCCC1. The number of amides is 2. The van der Waals surface area contributed by atoms with Gasteiger partial charge in [-0.3, -0.25) is 14.9 Å². The lowest BCUT2D eigenvalue weighted by Gasteiger charge is -2.07. The largest absolute Gasteiger partial charge is 0.503 e. The minimum absolute atomic E-state index is 0.0837. The third-order valence-corrected chi connectivity index (χ3v) is 2.42. The fourth-order valence-corrected chi connectivity index (χ4v) is 1.49. The van der Waals surface area contributed by atoms with E-state index in [0.717, 1.165) is 32.1 Å². The second-order valence-electron chi connectivity index (χ2n) is 4.19. The zero-order valence-corrected chi connectivity index (χ0v) is 11.1. The van der Waals surface area contributed by atoms with Crippen LogP contribution in [0.25, 0.3) is 0 Å². The minimum atomic E-state index is -1.83. The summed E-state index contributed by atoms with van der Waals surface area (Å²) in [6.07, 6.45) is 3.55. The van der Waals surface area contributed by atoms with Gasteiger partial charge in [-0.1, -0.05) is 0 Å². The first kappa shape index (κ1) is 17.9. The molecule has 112 valence electrons. The first-order valence-electron chi connectivity index (χ1n) is 6.30. The third-order valence-electron chi connectivity index (χ3n) is 2.42. The summed E-state index contributed by atoms with van der Waals surface area (Å²) in [6, 6.07) is 0. The molecule has 1 atom stereocenters. The van der Waals surface area contributed by atoms with Crippen molar-refractivity contribution < 1.29 is 29.7 Å². The van der Waals surface area contributed by atoms with Crippen LogP contribution in [0, 0.1) is 11.8 Å². The van der Waals surface area contributed by atoms with Crippen molar-refractivity contribution in [2.75, 3.05) is 0 Å². The standard InChI is InChI=1S/C8H12O.C4H5NO2.CH2O3/c9-8-6-4-2-1-3-5-7-8;6-3-1-2-4(7)5-3;2-1(3)4/h8-9H,2,4-7H2;1-2H2,(H,5,6,7);(H2,2,3,4). The summed E-state index contributed by atoms with van der Waals surface area (Å²) in [5, 5.41) is 25.2. The summed E-state index contributed by atoms with van der Waals surface area (Å²) < 4.78 is 0. The van der Waals surface area contributed by atoms with Crippen molar-refractivity contribution in [3.8, 4) is 11.8 Å². The van der Waals surface area contributed by atoms with Crippen molar-refractivity contribution in [2.24, 2.45) is 0 Å². The van der Waals surface area contributed by atoms with Gasteiger partial charge in [-0.2, -0.15) is 0 Å². The fraction of sp³-hybridized carbons (Fsp3) is 0.615. The first-order chi connectivity index (χ1) is 9.41. The molecule has 2 rings (SSSR count). The zero-order chi connectivity index (χ0) is 15.4. The molecule has 0 radical (unpaired) electrons. The molecule has 1 fully saturated rings. The van der Waals surface area contributed by atoms with Crippen molar-refractivity contribution in [3.63, 3.8) is 0 Å². The molecule has 1 heterocycles. The van der Waals surface area contributed by atoms with Gasteiger partial charge < -0.3 is 15.3 Å². The Balaban J connectivity index is 0.000000293. The van der Waals surface area contributed by atoms with Gasteiger partial charge >= 0.3 is 6.16 Å². The second kappa shape index (κ2) is 10.8. The number of nitrogens with one attached hydrogen (secondary N) is 1. The molecule has 0 spiro atoms. The van der Waals surface area contributed by atoms with E-state index < -0.39 is 6.16 Å². The van der Waals surface area contributed by atoms with Crippen molar-refractivity contribution in [3.05, 3.63) is 0 Å². The van der Waals surface area contributed by atoms with Crippen LogP contribution in [0.3, 0.4) is 0 Å². The van der Waals surface area contributed by atoms with Crippen molar-refractivity contribution in [1.29, 1.82) is 0 Å². The maximum Gasteiger partial charge on any atom is 0.503 e. The third kappa shape index (κ3) is 12.4. The molecule has 2 amide bonds. The highest BCUT2D eigenvalue weighted by molar-refractivity contribution is 6.01. The van der Waals surface area contributed by atoms with E-state index in [0.29, 0.717) is 12.8 Å². The number of carbonyl (C=O) groups is 3. The zero-order valence-electron chi connectivity index (χ0n) is 11.1. The Kier molecular flexibility index (Phi) is 9.70. The molecule has 4 N–H and O–H groups in total. The Labute approximate surface area is 117 Å². The van der Waals surface area contributed by atoms with E-state index in [1.54, 1.807) is 0 Å². The van der Waals surface area contributed by atoms with Gasteiger partial charge in [-0.15, -0.1) is 11.8 Å². The van der Waals surface area contributed by atoms with Crippen LogP contribution in [0.4, 0.5) is 4.79 Å². The smallest absolute Gasteiger partial charge is 0.450 e. The number of imide groups is 1. The molecule has 1 saturated heterocycles. The molecule has 1 aliphatic carbocycles. The Bertz CT molecular complexity index is 377. The molecule has 0 saturated carbocycles. The Morgan fingerprint density at radius 3 is 2.00 bits per heavy atom. The summed E-state index contributed by atoms with van der Waals surface area (Å²) in [7, 11) is 0. The van der Waals surface area contributed by atoms with Crippen LogP contribution in [0.1, 0.15) is 44.9 Å². The van der Waals surface area contributed by atoms with E-state index in [2.05, 4.69) is 17.2 Å². The number of hydrogen-bond acceptors (Lipinski definition) is 4. The lowest BCUT2D eigenvalue weighted by molar-refractivity contribution is -0.124. The van der Waals surface area contributed by atoms with Gasteiger partial charge in [-0.25, -0.2) is 4.79 Å². The summed E-state index contributed by atoms with van der Waals surface area (Å²) in [5.41, 5.74) is 0. The molecule has 7 heteroatoms. The number of aliphatic hydroxyl groups is 1. The molecule has 0 aromatic heterocycles. The fourth-order valence-electron chi connectivity index (χ4n) is 1.49. The van der Waals surface area contributed by atoms with Gasteiger partial charge in [-0.05, 0) is 19.3 Å². The number of carbonyl (C=O) groups excluding carboxylic acids is 2. The Morgan fingerprint density at radius 1 is 1.05 bits per heavy atom. The van der Waals surface area contributed by atoms with Crippen LogP contribution in [0.5, 0.6) is 0 Å². The van der Waals surface area contributed by atoms with Crippen LogP contribution in [0.2, 0.25) is 0 Å². The van der Waals surface area contributed by atoms with E-state index in [9.17, 15) is 9.59 Å². The molecule has 1 unspecified atom stereocenters. The number of hydrogen-bond donors (Lipinski definition) is 4. The van der Waals surface area contributed by atoms with E-state index in [1.165, 1.54) is 0 Å². The van der Waals surface area contributed by atoms with Gasteiger partial charge in [0, 0.05) is 25.7 Å². The normalized spacial score (nSPS) is 20.6. The topological polar surface area (TPSA) is 124 Å². The quantitative estimate of drug-likeness (QED) is 0.388. The molecule has 2 aliphatic rings. The maximum absolute atomic E-state index is 10.1. The van der Waals surface area contributed by atoms with Crippen LogP contribution in [0.15, 0.2) is 0 Å². The van der Waals surface area contributed by atoms with Crippen LogP contribution < -0.4 is 5.32 Å². The van der Waals surface area contributed by atoms with Crippen LogP contribution in [-0.4, -0.2) is 39.4 Å². The van der Waals surface area contributed by atoms with Gasteiger partial charge in [0.15, 0.2) is 0 Å². The Morgan fingerprint density at radius 2 is 1.55 bits per heavy atom. The molecule has 0 bridgehead atoms. The van der Waals surface area contributed by atoms with Gasteiger partial charge in [0.1, 0.15) is 0 Å². The minimum Gasteiger partial charge on any atom is -0.450 e. The summed E-state index contributed by atoms with van der Waals surface area (Å²) in [5.74, 6) is 5.76. The molecule has 20 heavy (non-hydrogen) atoms. The average Bonchev–Trinajstić information content (AvgIpc) is 2.68. The van der Waals surface area contributed by atoms with Crippen LogP contribution >= 0.6 is 0 Å². The molecule has 0 aromatic carbocycles. The van der Waals surface area contributed by atoms with Crippen molar-refractivity contribution in [2.45, 2.75) is 51.0 Å². The highest BCUT2D eigenvalue weighted by Crippen LogP contribution is 2.07. The monoisotopic (exact) mass is 285 g/mol. The van der Waals surface area contributed by atoms with Crippen molar-refractivity contribution >= 4 is 18.0 Å². The lowest BCUT2D eigenvalue weighted by Crippen LogP contribution is -2.18. The van der Waals surface area contributed by atoms with E-state index >= 15 is 0 Å². The summed E-state index contributed by atoms with van der Waals surface area (Å²) in [6.45, 7) is 0. The average molecular weight is 285 g/mol. The van der Waals surface area contributed by atoms with Gasteiger partial charge in [0.2, 0.25) is 11.8 Å². The Hall–Kier alpha value is -2.07. The maximum atomic E-state index is 10.1. The lowest BCUT2D eigenvalue weighted by atomic mass is 10.1. The highest BCUT2D eigenvalue weighted by atomic mass is 16.6. The number of rotatable bonds is 0. The van der Waals surface area contributed by atoms with Gasteiger partial charge in [0.25, 0.3) is 0 Å². The number of carboxylic acid groups (broad SMARTS) is 2. The first-order valence-corrected chi connectivity index (χ1v) is 6.30. The molecular weight excluding hydrogens is 266 g/mol. The molecule has 0 aromatic rings. The van der Waals surface area contributed by atoms with E-state index in [4.69, 9.17) is 20.1 Å². The van der Waals surface area contributed by atoms with E-state index in [-0.39, 0.29) is 17.9 Å². The summed E-state index contributed by atoms with van der Waals surface area (Å²) >= 11 is 0. The molecule has 1 aliphatic heterocycles. The predicted octanol–water partition coefficient (Wildman–Crippen LogP) is 0.960. The number of aliphatic hydroxyl groups excluding tert-OH is 1. The predicted molar refractivity (Wildman–Crippen MR) is 69.9 cm³/mol. The van der Waals surface area contributed by atoms with Gasteiger partial charge in [0.05, 0.1) is 6.10 Å².